The van der Waals surface area contributed by atoms with Crippen LogP contribution in [-0.4, -0.2) is 59.4 Å². The molecule has 0 saturated carbocycles. The van der Waals surface area contributed by atoms with Crippen molar-refractivity contribution in [3.63, 3.8) is 0 Å². The van der Waals surface area contributed by atoms with Gasteiger partial charge < -0.3 is 26.0 Å². The van der Waals surface area contributed by atoms with E-state index in [1.165, 1.54) is 129 Å². The lowest BCUT2D eigenvalue weighted by molar-refractivity contribution is 0.0696. The van der Waals surface area contributed by atoms with Gasteiger partial charge in [-0.3, -0.25) is 0 Å². The van der Waals surface area contributed by atoms with Crippen molar-refractivity contribution in [2.75, 3.05) is 26.2 Å². The summed E-state index contributed by atoms with van der Waals surface area (Å²) >= 11 is 0. The van der Waals surface area contributed by atoms with E-state index in [0.717, 1.165) is 18.2 Å². The van der Waals surface area contributed by atoms with Crippen molar-refractivity contribution in [3.05, 3.63) is 34.9 Å². The third kappa shape index (κ3) is 27.5. The van der Waals surface area contributed by atoms with Gasteiger partial charge in [0.15, 0.2) is 0 Å². The first-order valence-corrected chi connectivity index (χ1v) is 16.0. The smallest absolute Gasteiger partial charge is 0.335 e. The van der Waals surface area contributed by atoms with Gasteiger partial charge >= 0.3 is 17.9 Å². The molecule has 0 aliphatic rings. The van der Waals surface area contributed by atoms with Gasteiger partial charge in [0.2, 0.25) is 0 Å². The fraction of sp³-hybridized carbons (Fsp3) is 0.727. The Balaban J connectivity index is 0. The van der Waals surface area contributed by atoms with Crippen molar-refractivity contribution < 1.29 is 29.7 Å². The second-order valence-electron chi connectivity index (χ2n) is 10.5. The molecule has 1 rings (SSSR count). The molecule has 0 aromatic heterocycles. The number of aromatic carboxylic acids is 3. The summed E-state index contributed by atoms with van der Waals surface area (Å²) in [4.78, 5) is 31.7. The summed E-state index contributed by atoms with van der Waals surface area (Å²) in [5, 5.41) is 32.8. The molecule has 0 bridgehead atoms. The Kier molecular flexibility index (Phi) is 30.3. The molecule has 1 aromatic carbocycles. The van der Waals surface area contributed by atoms with Crippen molar-refractivity contribution in [1.82, 2.24) is 10.6 Å². The zero-order valence-electron chi connectivity index (χ0n) is 26.4. The normalized spacial score (nSPS) is 10.2. The zero-order valence-corrected chi connectivity index (χ0v) is 26.4. The van der Waals surface area contributed by atoms with Gasteiger partial charge in [-0.15, -0.1) is 0 Å². The van der Waals surface area contributed by atoms with Crippen LogP contribution < -0.4 is 10.6 Å². The van der Waals surface area contributed by atoms with Crippen LogP contribution in [0.4, 0.5) is 0 Å². The number of carboxylic acid groups (broad SMARTS) is 3. The van der Waals surface area contributed by atoms with Gasteiger partial charge in [0.1, 0.15) is 0 Å². The molecular weight excluding hydrogens is 520 g/mol. The molecule has 0 radical (unpaired) electrons. The first kappa shape index (κ1) is 40.7. The van der Waals surface area contributed by atoms with Gasteiger partial charge in [0.25, 0.3) is 0 Å². The summed E-state index contributed by atoms with van der Waals surface area (Å²) in [5.41, 5.74) is -1.10. The van der Waals surface area contributed by atoms with Gasteiger partial charge in [-0.1, -0.05) is 105 Å². The lowest BCUT2D eigenvalue weighted by Crippen LogP contribution is -2.16. The standard InChI is InChI=1S/2C12H27N.C9H6O6/c2*1-3-5-7-9-11-13-12-10-8-6-4-2;10-7(11)4-1-5(8(12)13)3-6(2-4)9(14)15/h2*13H,3-12H2,1-2H3;1-3H,(H,10,11)(H,12,13)(H,14,15). The predicted molar refractivity (Wildman–Crippen MR) is 170 cm³/mol. The number of nitrogens with one attached hydrogen (secondary N) is 2. The van der Waals surface area contributed by atoms with Gasteiger partial charge in [-0.05, 0) is 70.1 Å². The minimum Gasteiger partial charge on any atom is -0.478 e. The Hall–Kier alpha value is -2.45. The molecular formula is C33H60N2O6. The molecule has 0 spiro atoms. The number of carboxylic acids is 3. The molecule has 0 aliphatic carbocycles. The highest BCUT2D eigenvalue weighted by molar-refractivity contribution is 5.98. The number of carbonyl (C=O) groups is 3. The third-order valence-corrected chi connectivity index (χ3v) is 6.50. The maximum absolute atomic E-state index is 10.6. The predicted octanol–water partition coefficient (Wildman–Crippen LogP) is 8.25. The van der Waals surface area contributed by atoms with Crippen LogP contribution in [0.15, 0.2) is 18.2 Å². The van der Waals surface area contributed by atoms with Crippen LogP contribution in [0.25, 0.3) is 0 Å². The number of benzene rings is 1. The van der Waals surface area contributed by atoms with Crippen molar-refractivity contribution in [2.45, 2.75) is 130 Å². The molecule has 0 saturated heterocycles. The van der Waals surface area contributed by atoms with Crippen LogP contribution >= 0.6 is 0 Å². The number of hydrogen-bond acceptors (Lipinski definition) is 5. The Morgan fingerprint density at radius 1 is 0.439 bits per heavy atom. The fourth-order valence-electron chi connectivity index (χ4n) is 3.96. The molecule has 0 atom stereocenters. The van der Waals surface area contributed by atoms with Crippen LogP contribution in [-0.2, 0) is 0 Å². The van der Waals surface area contributed by atoms with E-state index in [-0.39, 0.29) is 16.7 Å². The van der Waals surface area contributed by atoms with Crippen LogP contribution in [0, 0.1) is 0 Å². The number of rotatable bonds is 23. The molecule has 5 N–H and O–H groups in total. The number of unbranched alkanes of at least 4 members (excludes halogenated alkanes) is 12. The van der Waals surface area contributed by atoms with E-state index in [4.69, 9.17) is 15.3 Å². The second-order valence-corrected chi connectivity index (χ2v) is 10.5. The third-order valence-electron chi connectivity index (χ3n) is 6.50. The minimum atomic E-state index is -1.37. The molecule has 0 aliphatic heterocycles. The molecule has 8 nitrogen and oxygen atoms in total. The van der Waals surface area contributed by atoms with Crippen LogP contribution in [0.5, 0.6) is 0 Å². The van der Waals surface area contributed by atoms with Crippen LogP contribution in [0.2, 0.25) is 0 Å². The molecule has 8 heteroatoms. The fourth-order valence-corrected chi connectivity index (χ4v) is 3.96. The summed E-state index contributed by atoms with van der Waals surface area (Å²) in [6.07, 6.45) is 22.0. The van der Waals surface area contributed by atoms with Gasteiger partial charge in [-0.2, -0.15) is 0 Å². The average Bonchev–Trinajstić information content (AvgIpc) is 2.96. The molecule has 0 fully saturated rings. The van der Waals surface area contributed by atoms with E-state index < -0.39 is 17.9 Å². The highest BCUT2D eigenvalue weighted by atomic mass is 16.4. The van der Waals surface area contributed by atoms with Crippen molar-refractivity contribution in [3.8, 4) is 0 Å². The Morgan fingerprint density at radius 2 is 0.659 bits per heavy atom. The van der Waals surface area contributed by atoms with Gasteiger partial charge in [-0.25, -0.2) is 14.4 Å². The van der Waals surface area contributed by atoms with Crippen LogP contribution in [0.3, 0.4) is 0 Å². The van der Waals surface area contributed by atoms with E-state index in [2.05, 4.69) is 38.3 Å². The summed E-state index contributed by atoms with van der Waals surface area (Å²) in [6.45, 7) is 14.0. The molecule has 41 heavy (non-hydrogen) atoms. The monoisotopic (exact) mass is 580 g/mol. The second kappa shape index (κ2) is 30.5. The largest absolute Gasteiger partial charge is 0.478 e. The quantitative estimate of drug-likeness (QED) is 0.0816. The zero-order chi connectivity index (χ0) is 31.1. The van der Waals surface area contributed by atoms with Crippen LogP contribution in [0.1, 0.15) is 162 Å². The van der Waals surface area contributed by atoms with E-state index in [9.17, 15) is 14.4 Å². The van der Waals surface area contributed by atoms with Gasteiger partial charge in [0.05, 0.1) is 16.7 Å². The molecule has 0 heterocycles. The summed E-state index contributed by atoms with van der Waals surface area (Å²) in [6, 6.07) is 2.70. The first-order chi connectivity index (χ1) is 19.7. The SMILES string of the molecule is CCCCCCNCCCCCC.CCCCCCNCCCCCC.O=C(O)c1cc(C(=O)O)cc(C(=O)O)c1. The minimum absolute atomic E-state index is 0.368. The van der Waals surface area contributed by atoms with Gasteiger partial charge in [0, 0.05) is 0 Å². The maximum atomic E-state index is 10.6. The Morgan fingerprint density at radius 3 is 0.829 bits per heavy atom. The van der Waals surface area contributed by atoms with E-state index in [0.29, 0.717) is 0 Å². The highest BCUT2D eigenvalue weighted by Gasteiger charge is 2.14. The topological polar surface area (TPSA) is 136 Å². The van der Waals surface area contributed by atoms with Crippen molar-refractivity contribution >= 4 is 17.9 Å². The molecule has 0 unspecified atom stereocenters. The Bertz CT molecular complexity index is 664. The molecule has 0 amide bonds. The lowest BCUT2D eigenvalue weighted by Gasteiger charge is -2.03. The lowest BCUT2D eigenvalue weighted by atomic mass is 10.1. The summed E-state index contributed by atoms with van der Waals surface area (Å²) < 4.78 is 0. The van der Waals surface area contributed by atoms with E-state index in [1.807, 2.05) is 0 Å². The number of hydrogen-bond donors (Lipinski definition) is 5. The average molecular weight is 581 g/mol. The maximum Gasteiger partial charge on any atom is 0.335 e. The summed E-state index contributed by atoms with van der Waals surface area (Å²) in [5.74, 6) is -4.12. The van der Waals surface area contributed by atoms with E-state index in [1.54, 1.807) is 0 Å². The van der Waals surface area contributed by atoms with Crippen molar-refractivity contribution in [2.24, 2.45) is 0 Å². The molecule has 1 aromatic rings. The van der Waals surface area contributed by atoms with E-state index >= 15 is 0 Å². The first-order valence-electron chi connectivity index (χ1n) is 16.0. The highest BCUT2D eigenvalue weighted by Crippen LogP contribution is 2.11. The summed E-state index contributed by atoms with van der Waals surface area (Å²) in [7, 11) is 0. The molecule has 238 valence electrons. The Labute approximate surface area is 249 Å². The van der Waals surface area contributed by atoms with Crippen molar-refractivity contribution in [1.29, 1.82) is 0 Å².